The second-order valence-corrected chi connectivity index (χ2v) is 6.40. The van der Waals surface area contributed by atoms with Crippen LogP contribution in [-0.2, 0) is 11.4 Å². The Kier molecular flexibility index (Phi) is 4.84. The van der Waals surface area contributed by atoms with E-state index in [0.717, 1.165) is 16.5 Å². The lowest BCUT2D eigenvalue weighted by atomic mass is 10.1. The normalized spacial score (nSPS) is 16.0. The van der Waals surface area contributed by atoms with Crippen LogP contribution in [0.2, 0.25) is 0 Å². The van der Waals surface area contributed by atoms with Crippen molar-refractivity contribution in [3.8, 4) is 11.5 Å². The molecule has 1 saturated heterocycles. The van der Waals surface area contributed by atoms with Gasteiger partial charge < -0.3 is 24.5 Å². The maximum absolute atomic E-state index is 12.2. The topological polar surface area (TPSA) is 103 Å². The molecular weight excluding hydrogens is 362 g/mol. The van der Waals surface area contributed by atoms with E-state index in [1.165, 1.54) is 6.26 Å². The Morgan fingerprint density at radius 3 is 2.79 bits per heavy atom. The zero-order valence-electron chi connectivity index (χ0n) is 15.2. The van der Waals surface area contributed by atoms with Crippen LogP contribution in [0.1, 0.15) is 22.8 Å². The summed E-state index contributed by atoms with van der Waals surface area (Å²) >= 11 is 0. The van der Waals surface area contributed by atoms with E-state index in [-0.39, 0.29) is 24.1 Å². The van der Waals surface area contributed by atoms with Gasteiger partial charge in [-0.05, 0) is 41.5 Å². The molecule has 28 heavy (non-hydrogen) atoms. The smallest absolute Gasteiger partial charge is 0.273 e. The Hall–Kier alpha value is -3.55. The maximum atomic E-state index is 12.2. The molecule has 2 heterocycles. The summed E-state index contributed by atoms with van der Waals surface area (Å²) in [5.74, 6) is 1.05. The number of fused-ring (bicyclic) bond motifs is 1. The van der Waals surface area contributed by atoms with Crippen LogP contribution < -0.4 is 20.1 Å². The highest BCUT2D eigenvalue weighted by atomic mass is 16.5. The number of benzene rings is 2. The zero-order chi connectivity index (χ0) is 19.5. The predicted octanol–water partition coefficient (Wildman–Crippen LogP) is 2.03. The van der Waals surface area contributed by atoms with Crippen LogP contribution in [0, 0.1) is 0 Å². The number of amides is 2. The number of methoxy groups -OCH3 is 1. The van der Waals surface area contributed by atoms with Crippen molar-refractivity contribution < 1.29 is 23.5 Å². The first kappa shape index (κ1) is 17.8. The molecule has 0 radical (unpaired) electrons. The molecular formula is C20H19N3O5. The van der Waals surface area contributed by atoms with E-state index in [4.69, 9.17) is 13.9 Å². The van der Waals surface area contributed by atoms with Gasteiger partial charge in [-0.25, -0.2) is 4.98 Å². The summed E-state index contributed by atoms with van der Waals surface area (Å²) in [6, 6.07) is 11.0. The van der Waals surface area contributed by atoms with Crippen molar-refractivity contribution in [3.05, 3.63) is 54.2 Å². The van der Waals surface area contributed by atoms with Crippen molar-refractivity contribution in [1.82, 2.24) is 15.6 Å². The molecule has 0 bridgehead atoms. The molecule has 1 aliphatic heterocycles. The third-order valence-electron chi connectivity index (χ3n) is 4.52. The molecule has 2 N–H and O–H groups in total. The molecule has 1 atom stereocenters. The van der Waals surface area contributed by atoms with Gasteiger partial charge in [0, 0.05) is 6.54 Å². The molecule has 3 aromatic rings. The molecule has 1 aliphatic rings. The lowest BCUT2D eigenvalue weighted by molar-refractivity contribution is -0.120. The number of nitrogens with zero attached hydrogens (tertiary/aromatic N) is 1. The molecule has 8 nitrogen and oxygen atoms in total. The highest BCUT2D eigenvalue weighted by Gasteiger charge is 2.27. The molecule has 2 aromatic carbocycles. The first-order valence-corrected chi connectivity index (χ1v) is 8.86. The largest absolute Gasteiger partial charge is 0.497 e. The molecule has 0 spiro atoms. The Morgan fingerprint density at radius 1 is 1.25 bits per heavy atom. The number of carbonyl (C=O) groups excluding carboxylic acids is 2. The fraction of sp³-hybridized carbons (Fsp3) is 0.250. The quantitative estimate of drug-likeness (QED) is 0.677. The average Bonchev–Trinajstić information content (AvgIpc) is 3.35. The van der Waals surface area contributed by atoms with Crippen LogP contribution in [0.3, 0.4) is 0 Å². The lowest BCUT2D eigenvalue weighted by Gasteiger charge is -2.07. The lowest BCUT2D eigenvalue weighted by Crippen LogP contribution is -2.40. The number of rotatable bonds is 6. The van der Waals surface area contributed by atoms with Crippen molar-refractivity contribution in [2.45, 2.75) is 19.1 Å². The number of aromatic nitrogens is 1. The second kappa shape index (κ2) is 7.59. The monoisotopic (exact) mass is 381 g/mol. The van der Waals surface area contributed by atoms with E-state index in [1.54, 1.807) is 7.11 Å². The standard InChI is InChI=1S/C20H19N3O5/c1-26-14-4-2-12-3-5-15(9-13(12)8-14)27-11-18-22-17(10-28-18)20(25)23-16-6-7-21-19(16)24/h2-5,8-10,16H,6-7,11H2,1H3,(H,21,24)(H,23,25). The summed E-state index contributed by atoms with van der Waals surface area (Å²) < 4.78 is 16.3. The zero-order valence-corrected chi connectivity index (χ0v) is 15.2. The number of ether oxygens (including phenoxy) is 2. The minimum Gasteiger partial charge on any atom is -0.497 e. The molecule has 144 valence electrons. The van der Waals surface area contributed by atoms with Crippen LogP contribution >= 0.6 is 0 Å². The van der Waals surface area contributed by atoms with Gasteiger partial charge >= 0.3 is 0 Å². The van der Waals surface area contributed by atoms with Gasteiger partial charge in [-0.2, -0.15) is 0 Å². The first-order valence-electron chi connectivity index (χ1n) is 8.86. The van der Waals surface area contributed by atoms with Crippen LogP contribution in [0.5, 0.6) is 11.5 Å². The highest BCUT2D eigenvalue weighted by molar-refractivity contribution is 5.96. The van der Waals surface area contributed by atoms with E-state index in [2.05, 4.69) is 15.6 Å². The van der Waals surface area contributed by atoms with E-state index in [9.17, 15) is 9.59 Å². The van der Waals surface area contributed by atoms with Gasteiger partial charge in [0.05, 0.1) is 7.11 Å². The summed E-state index contributed by atoms with van der Waals surface area (Å²) in [4.78, 5) is 27.8. The van der Waals surface area contributed by atoms with Gasteiger partial charge in [0.25, 0.3) is 5.91 Å². The van der Waals surface area contributed by atoms with Crippen LogP contribution in [0.4, 0.5) is 0 Å². The SMILES string of the molecule is COc1ccc2ccc(OCc3nc(C(=O)NC4CCNC4=O)co3)cc2c1. The average molecular weight is 381 g/mol. The van der Waals surface area contributed by atoms with Crippen molar-refractivity contribution in [3.63, 3.8) is 0 Å². The number of oxazole rings is 1. The van der Waals surface area contributed by atoms with Gasteiger partial charge in [-0.3, -0.25) is 9.59 Å². The van der Waals surface area contributed by atoms with Gasteiger partial charge in [0.2, 0.25) is 11.8 Å². The van der Waals surface area contributed by atoms with Crippen molar-refractivity contribution in [2.24, 2.45) is 0 Å². The predicted molar refractivity (Wildman–Crippen MR) is 100 cm³/mol. The Bertz CT molecular complexity index is 1030. The highest BCUT2D eigenvalue weighted by Crippen LogP contribution is 2.25. The molecule has 8 heteroatoms. The van der Waals surface area contributed by atoms with Crippen molar-refractivity contribution >= 4 is 22.6 Å². The number of hydrogen-bond donors (Lipinski definition) is 2. The summed E-state index contributed by atoms with van der Waals surface area (Å²) in [6.07, 6.45) is 1.82. The van der Waals surface area contributed by atoms with E-state index in [1.807, 2.05) is 36.4 Å². The van der Waals surface area contributed by atoms with E-state index in [0.29, 0.717) is 18.7 Å². The van der Waals surface area contributed by atoms with Crippen LogP contribution in [0.15, 0.2) is 47.1 Å². The molecule has 2 amide bonds. The molecule has 0 saturated carbocycles. The summed E-state index contributed by atoms with van der Waals surface area (Å²) in [6.45, 7) is 0.631. The van der Waals surface area contributed by atoms with Crippen LogP contribution in [0.25, 0.3) is 10.8 Å². The number of carbonyl (C=O) groups is 2. The third kappa shape index (κ3) is 3.75. The minimum absolute atomic E-state index is 0.0761. The Balaban J connectivity index is 1.39. The minimum atomic E-state index is -0.529. The first-order chi connectivity index (χ1) is 13.6. The fourth-order valence-electron chi connectivity index (χ4n) is 3.01. The van der Waals surface area contributed by atoms with Crippen molar-refractivity contribution in [2.75, 3.05) is 13.7 Å². The summed E-state index contributed by atoms with van der Waals surface area (Å²) in [7, 11) is 1.62. The van der Waals surface area contributed by atoms with Gasteiger partial charge in [0.1, 0.15) is 23.8 Å². The fourth-order valence-corrected chi connectivity index (χ4v) is 3.01. The summed E-state index contributed by atoms with van der Waals surface area (Å²) in [5.41, 5.74) is 0.113. The van der Waals surface area contributed by atoms with Gasteiger partial charge in [-0.1, -0.05) is 12.1 Å². The molecule has 4 rings (SSSR count). The van der Waals surface area contributed by atoms with Gasteiger partial charge in [0.15, 0.2) is 12.3 Å². The van der Waals surface area contributed by atoms with Crippen LogP contribution in [-0.4, -0.2) is 36.5 Å². The number of nitrogens with one attached hydrogen (secondary N) is 2. The Labute approximate surface area is 160 Å². The number of hydrogen-bond acceptors (Lipinski definition) is 6. The van der Waals surface area contributed by atoms with E-state index >= 15 is 0 Å². The molecule has 1 unspecified atom stereocenters. The second-order valence-electron chi connectivity index (χ2n) is 6.40. The van der Waals surface area contributed by atoms with Gasteiger partial charge in [-0.15, -0.1) is 0 Å². The molecule has 1 fully saturated rings. The Morgan fingerprint density at radius 2 is 2.04 bits per heavy atom. The molecule has 0 aliphatic carbocycles. The summed E-state index contributed by atoms with van der Waals surface area (Å²) in [5, 5.41) is 7.36. The van der Waals surface area contributed by atoms with E-state index < -0.39 is 11.9 Å². The maximum Gasteiger partial charge on any atom is 0.273 e. The van der Waals surface area contributed by atoms with Crippen molar-refractivity contribution in [1.29, 1.82) is 0 Å². The molecule has 1 aromatic heterocycles. The third-order valence-corrected chi connectivity index (χ3v) is 4.52.